The standard InChI is InChI=1S/C19H17F2N5OS/c1-11(18(27)23-16-14(20)3-2-4-15(16)21)28-19-25-24-17(26(19)13-5-6-13)12-7-9-22-10-8-12/h2-4,7-11,13H,5-6H2,1H3,(H,23,27)/t11-/m1/s1. The average Bonchev–Trinajstić information content (AvgIpc) is 3.45. The molecule has 1 atom stereocenters. The molecule has 1 saturated carbocycles. The number of hydrogen-bond acceptors (Lipinski definition) is 5. The summed E-state index contributed by atoms with van der Waals surface area (Å²) in [7, 11) is 0. The van der Waals surface area contributed by atoms with Gasteiger partial charge in [-0.05, 0) is 44.0 Å². The van der Waals surface area contributed by atoms with E-state index in [9.17, 15) is 13.6 Å². The molecule has 1 N–H and O–H groups in total. The Kier molecular flexibility index (Phi) is 5.08. The van der Waals surface area contributed by atoms with E-state index in [4.69, 9.17) is 0 Å². The van der Waals surface area contributed by atoms with Gasteiger partial charge in [0.05, 0.1) is 5.25 Å². The van der Waals surface area contributed by atoms with Gasteiger partial charge in [0.1, 0.15) is 17.3 Å². The Morgan fingerprint density at radius 3 is 2.50 bits per heavy atom. The number of rotatable bonds is 6. The number of carbonyl (C=O) groups excluding carboxylic acids is 1. The van der Waals surface area contributed by atoms with E-state index in [0.717, 1.165) is 36.4 Å². The summed E-state index contributed by atoms with van der Waals surface area (Å²) in [4.78, 5) is 16.5. The number of benzene rings is 1. The molecular formula is C19H17F2N5OS. The number of nitrogens with zero attached hydrogens (tertiary/aromatic N) is 4. The molecule has 3 aromatic rings. The highest BCUT2D eigenvalue weighted by atomic mass is 32.2. The molecular weight excluding hydrogens is 384 g/mol. The summed E-state index contributed by atoms with van der Waals surface area (Å²) >= 11 is 1.21. The first kappa shape index (κ1) is 18.5. The second-order valence-corrected chi connectivity index (χ2v) is 7.80. The number of amides is 1. The number of aromatic nitrogens is 4. The van der Waals surface area contributed by atoms with Crippen LogP contribution in [0.25, 0.3) is 11.4 Å². The SMILES string of the molecule is C[C@@H](Sc1nnc(-c2ccncc2)n1C1CC1)C(=O)Nc1c(F)cccc1F. The molecule has 0 spiro atoms. The molecule has 0 saturated heterocycles. The Labute approximate surface area is 164 Å². The third-order valence-electron chi connectivity index (χ3n) is 4.38. The van der Waals surface area contributed by atoms with Crippen LogP contribution in [-0.2, 0) is 4.79 Å². The second-order valence-electron chi connectivity index (χ2n) is 6.49. The van der Waals surface area contributed by atoms with Crippen molar-refractivity contribution in [1.29, 1.82) is 0 Å². The number of para-hydroxylation sites is 1. The lowest BCUT2D eigenvalue weighted by Gasteiger charge is -2.14. The maximum Gasteiger partial charge on any atom is 0.237 e. The van der Waals surface area contributed by atoms with Crippen LogP contribution in [0, 0.1) is 11.6 Å². The molecule has 1 aliphatic rings. The minimum absolute atomic E-state index is 0.292. The molecule has 0 unspecified atom stereocenters. The van der Waals surface area contributed by atoms with Crippen LogP contribution in [0.15, 0.2) is 47.9 Å². The zero-order valence-corrected chi connectivity index (χ0v) is 15.8. The van der Waals surface area contributed by atoms with Crippen molar-refractivity contribution in [2.24, 2.45) is 0 Å². The van der Waals surface area contributed by atoms with E-state index in [0.29, 0.717) is 11.2 Å². The minimum Gasteiger partial charge on any atom is -0.320 e. The molecule has 9 heteroatoms. The van der Waals surface area contributed by atoms with E-state index in [2.05, 4.69) is 20.5 Å². The first-order valence-corrected chi connectivity index (χ1v) is 9.69. The van der Waals surface area contributed by atoms with Gasteiger partial charge in [-0.1, -0.05) is 17.8 Å². The van der Waals surface area contributed by atoms with Gasteiger partial charge in [-0.25, -0.2) is 8.78 Å². The smallest absolute Gasteiger partial charge is 0.237 e. The molecule has 0 radical (unpaired) electrons. The van der Waals surface area contributed by atoms with E-state index in [1.165, 1.54) is 17.8 Å². The maximum absolute atomic E-state index is 13.8. The molecule has 2 heterocycles. The van der Waals surface area contributed by atoms with Gasteiger partial charge in [0.2, 0.25) is 5.91 Å². The van der Waals surface area contributed by atoms with E-state index < -0.39 is 28.5 Å². The number of pyridine rings is 1. The fraction of sp³-hybridized carbons (Fsp3) is 0.263. The van der Waals surface area contributed by atoms with Crippen LogP contribution in [0.2, 0.25) is 0 Å². The molecule has 2 aromatic heterocycles. The van der Waals surface area contributed by atoms with Gasteiger partial charge < -0.3 is 5.32 Å². The number of hydrogen-bond donors (Lipinski definition) is 1. The Balaban J connectivity index is 1.54. The van der Waals surface area contributed by atoms with Crippen molar-refractivity contribution in [2.75, 3.05) is 5.32 Å². The van der Waals surface area contributed by atoms with Gasteiger partial charge in [0, 0.05) is 24.0 Å². The number of thioether (sulfide) groups is 1. The van der Waals surface area contributed by atoms with E-state index in [1.807, 2.05) is 16.7 Å². The largest absolute Gasteiger partial charge is 0.320 e. The lowest BCUT2D eigenvalue weighted by molar-refractivity contribution is -0.115. The molecule has 0 aliphatic heterocycles. The summed E-state index contributed by atoms with van der Waals surface area (Å²) in [6, 6.07) is 7.45. The highest BCUT2D eigenvalue weighted by Crippen LogP contribution is 2.41. The molecule has 28 heavy (non-hydrogen) atoms. The molecule has 4 rings (SSSR count). The number of halogens is 2. The van der Waals surface area contributed by atoms with Gasteiger partial charge in [0.15, 0.2) is 11.0 Å². The van der Waals surface area contributed by atoms with Crippen LogP contribution in [0.3, 0.4) is 0 Å². The second kappa shape index (κ2) is 7.67. The number of nitrogens with one attached hydrogen (secondary N) is 1. The fourth-order valence-corrected chi connectivity index (χ4v) is 3.69. The fourth-order valence-electron chi connectivity index (χ4n) is 2.77. The van der Waals surface area contributed by atoms with E-state index in [-0.39, 0.29) is 0 Å². The van der Waals surface area contributed by atoms with Gasteiger partial charge in [-0.2, -0.15) is 0 Å². The average molecular weight is 401 g/mol. The molecule has 1 amide bonds. The van der Waals surface area contributed by atoms with E-state index in [1.54, 1.807) is 19.3 Å². The van der Waals surface area contributed by atoms with Crippen molar-refractivity contribution >= 4 is 23.4 Å². The van der Waals surface area contributed by atoms with E-state index >= 15 is 0 Å². The summed E-state index contributed by atoms with van der Waals surface area (Å²) in [6.07, 6.45) is 5.41. The van der Waals surface area contributed by atoms with Crippen molar-refractivity contribution in [3.8, 4) is 11.4 Å². The Bertz CT molecular complexity index is 987. The van der Waals surface area contributed by atoms with Crippen LogP contribution in [0.1, 0.15) is 25.8 Å². The lowest BCUT2D eigenvalue weighted by atomic mass is 10.2. The number of carbonyl (C=O) groups is 1. The summed E-state index contributed by atoms with van der Waals surface area (Å²) < 4.78 is 29.6. The zero-order chi connectivity index (χ0) is 19.7. The quantitative estimate of drug-likeness (QED) is 0.631. The van der Waals surface area contributed by atoms with Crippen molar-refractivity contribution in [1.82, 2.24) is 19.7 Å². The molecule has 1 aromatic carbocycles. The molecule has 144 valence electrons. The summed E-state index contributed by atoms with van der Waals surface area (Å²) in [5.41, 5.74) is 0.452. The van der Waals surface area contributed by atoms with Gasteiger partial charge >= 0.3 is 0 Å². The topological polar surface area (TPSA) is 72.7 Å². The highest BCUT2D eigenvalue weighted by molar-refractivity contribution is 8.00. The third-order valence-corrected chi connectivity index (χ3v) is 5.43. The predicted molar refractivity (Wildman–Crippen MR) is 102 cm³/mol. The van der Waals surface area contributed by atoms with Crippen molar-refractivity contribution in [3.63, 3.8) is 0 Å². The molecule has 1 fully saturated rings. The van der Waals surface area contributed by atoms with Crippen molar-refractivity contribution < 1.29 is 13.6 Å². The highest BCUT2D eigenvalue weighted by Gasteiger charge is 2.31. The predicted octanol–water partition coefficient (Wildman–Crippen LogP) is 4.07. The first-order chi connectivity index (χ1) is 13.5. The third kappa shape index (κ3) is 3.75. The Morgan fingerprint density at radius 1 is 1.18 bits per heavy atom. The summed E-state index contributed by atoms with van der Waals surface area (Å²) in [5, 5.41) is 10.8. The molecule has 6 nitrogen and oxygen atoms in total. The van der Waals surface area contributed by atoms with Crippen LogP contribution < -0.4 is 5.32 Å². The van der Waals surface area contributed by atoms with Gasteiger partial charge in [-0.3, -0.25) is 14.3 Å². The molecule has 1 aliphatic carbocycles. The van der Waals surface area contributed by atoms with Gasteiger partial charge in [-0.15, -0.1) is 10.2 Å². The minimum atomic E-state index is -0.813. The van der Waals surface area contributed by atoms with Crippen LogP contribution >= 0.6 is 11.8 Å². The van der Waals surface area contributed by atoms with Crippen LogP contribution in [0.4, 0.5) is 14.5 Å². The Hall–Kier alpha value is -2.81. The van der Waals surface area contributed by atoms with Crippen molar-refractivity contribution in [2.45, 2.75) is 36.2 Å². The van der Waals surface area contributed by atoms with Crippen molar-refractivity contribution in [3.05, 3.63) is 54.4 Å². The van der Waals surface area contributed by atoms with Crippen LogP contribution in [0.5, 0.6) is 0 Å². The normalized spacial score (nSPS) is 14.7. The Morgan fingerprint density at radius 2 is 1.86 bits per heavy atom. The monoisotopic (exact) mass is 401 g/mol. The first-order valence-electron chi connectivity index (χ1n) is 8.81. The van der Waals surface area contributed by atoms with Gasteiger partial charge in [0.25, 0.3) is 0 Å². The zero-order valence-electron chi connectivity index (χ0n) is 15.0. The summed E-state index contributed by atoms with van der Waals surface area (Å²) in [5.74, 6) is -1.41. The molecule has 0 bridgehead atoms. The number of anilines is 1. The maximum atomic E-state index is 13.8. The van der Waals surface area contributed by atoms with Crippen LogP contribution in [-0.4, -0.2) is 30.9 Å². The lowest BCUT2D eigenvalue weighted by Crippen LogP contribution is -2.24. The summed E-state index contributed by atoms with van der Waals surface area (Å²) in [6.45, 7) is 1.66.